The standard InChI is InChI=1S/C20H38O7S.C3H9N/c1-5-9-11-16(7-3)14-26-19(21)13-18(28(23,24)25)20(22)27-15-17(8-4)12-10-6-2;1-4(2)3/h16-18H,5-15H2,1-4H3,(H,23,24,25);1-3H3. The van der Waals surface area contributed by atoms with Crippen molar-refractivity contribution in [1.82, 2.24) is 4.90 Å². The zero-order valence-corrected chi connectivity index (χ0v) is 22.1. The summed E-state index contributed by atoms with van der Waals surface area (Å²) in [6.45, 7) is 8.35. The van der Waals surface area contributed by atoms with Crippen LogP contribution in [-0.2, 0) is 29.2 Å². The molecule has 8 nitrogen and oxygen atoms in total. The summed E-state index contributed by atoms with van der Waals surface area (Å²) in [5, 5.41) is -1.95. The van der Waals surface area contributed by atoms with Crippen LogP contribution in [0.15, 0.2) is 0 Å². The summed E-state index contributed by atoms with van der Waals surface area (Å²) in [6.07, 6.45) is 6.74. The van der Waals surface area contributed by atoms with Gasteiger partial charge in [-0.15, -0.1) is 0 Å². The van der Waals surface area contributed by atoms with Gasteiger partial charge in [0, 0.05) is 0 Å². The Kier molecular flexibility index (Phi) is 19.9. The van der Waals surface area contributed by atoms with Gasteiger partial charge in [0.05, 0.1) is 19.6 Å². The Morgan fingerprint density at radius 2 is 1.25 bits per heavy atom. The summed E-state index contributed by atoms with van der Waals surface area (Å²) in [5.74, 6) is -1.61. The molecule has 0 aliphatic carbocycles. The van der Waals surface area contributed by atoms with Crippen LogP contribution in [0.3, 0.4) is 0 Å². The quantitative estimate of drug-likeness (QED) is 0.256. The van der Waals surface area contributed by atoms with Gasteiger partial charge in [0.1, 0.15) is 0 Å². The van der Waals surface area contributed by atoms with Gasteiger partial charge in [0.25, 0.3) is 10.1 Å². The van der Waals surface area contributed by atoms with Crippen molar-refractivity contribution in [2.24, 2.45) is 11.8 Å². The van der Waals surface area contributed by atoms with Crippen molar-refractivity contribution in [2.75, 3.05) is 34.4 Å². The maximum atomic E-state index is 12.2. The molecule has 3 unspecified atom stereocenters. The Morgan fingerprint density at radius 3 is 1.59 bits per heavy atom. The molecule has 0 radical (unpaired) electrons. The lowest BCUT2D eigenvalue weighted by molar-refractivity contribution is -0.151. The number of carbonyl (C=O) groups is 2. The molecule has 0 aliphatic heterocycles. The maximum Gasteiger partial charge on any atom is 0.327 e. The second-order valence-electron chi connectivity index (χ2n) is 8.70. The van der Waals surface area contributed by atoms with Crippen molar-refractivity contribution >= 4 is 22.1 Å². The molecule has 0 saturated heterocycles. The first kappa shape index (κ1) is 33.0. The van der Waals surface area contributed by atoms with Crippen molar-refractivity contribution in [1.29, 1.82) is 0 Å². The van der Waals surface area contributed by atoms with Crippen molar-refractivity contribution < 1.29 is 32.0 Å². The highest BCUT2D eigenvalue weighted by atomic mass is 32.2. The fraction of sp³-hybridized carbons (Fsp3) is 0.913. The molecule has 0 aromatic rings. The third kappa shape index (κ3) is 18.4. The smallest absolute Gasteiger partial charge is 0.327 e. The molecular weight excluding hydrogens is 434 g/mol. The lowest BCUT2D eigenvalue weighted by atomic mass is 10.0. The Labute approximate surface area is 196 Å². The van der Waals surface area contributed by atoms with E-state index >= 15 is 0 Å². The molecule has 9 heteroatoms. The van der Waals surface area contributed by atoms with Gasteiger partial charge in [-0.1, -0.05) is 66.2 Å². The van der Waals surface area contributed by atoms with E-state index in [1.807, 2.05) is 39.9 Å². The first-order valence-corrected chi connectivity index (χ1v) is 13.3. The minimum absolute atomic E-state index is 0.0747. The Hall–Kier alpha value is -1.19. The molecule has 0 saturated carbocycles. The molecule has 0 rings (SSSR count). The van der Waals surface area contributed by atoms with Gasteiger partial charge in [-0.05, 0) is 45.8 Å². The van der Waals surface area contributed by atoms with Crippen LogP contribution in [0.2, 0.25) is 0 Å². The molecule has 0 aromatic heterocycles. The summed E-state index contributed by atoms with van der Waals surface area (Å²) in [5.41, 5.74) is 0. The monoisotopic (exact) mass is 481 g/mol. The van der Waals surface area contributed by atoms with E-state index in [1.54, 1.807) is 0 Å². The van der Waals surface area contributed by atoms with Crippen LogP contribution in [0.25, 0.3) is 0 Å². The van der Waals surface area contributed by atoms with Gasteiger partial charge in [0.15, 0.2) is 5.25 Å². The summed E-state index contributed by atoms with van der Waals surface area (Å²) < 4.78 is 42.8. The van der Waals surface area contributed by atoms with Crippen LogP contribution >= 0.6 is 0 Å². The van der Waals surface area contributed by atoms with E-state index in [0.717, 1.165) is 51.4 Å². The lowest BCUT2D eigenvalue weighted by Crippen LogP contribution is -2.35. The van der Waals surface area contributed by atoms with E-state index in [9.17, 15) is 22.6 Å². The van der Waals surface area contributed by atoms with Gasteiger partial charge < -0.3 is 14.4 Å². The molecule has 32 heavy (non-hydrogen) atoms. The van der Waals surface area contributed by atoms with E-state index in [-0.39, 0.29) is 25.0 Å². The fourth-order valence-electron chi connectivity index (χ4n) is 2.82. The van der Waals surface area contributed by atoms with Gasteiger partial charge in [0.2, 0.25) is 0 Å². The number of carbonyl (C=O) groups excluding carboxylic acids is 2. The van der Waals surface area contributed by atoms with Gasteiger partial charge in [-0.2, -0.15) is 8.42 Å². The van der Waals surface area contributed by atoms with Gasteiger partial charge in [-0.25, -0.2) is 0 Å². The summed E-state index contributed by atoms with van der Waals surface area (Å²) in [4.78, 5) is 26.2. The molecular formula is C23H47NO7S. The molecule has 0 fully saturated rings. The Bertz CT molecular complexity index is 590. The summed E-state index contributed by atoms with van der Waals surface area (Å²) in [7, 11) is 1.24. The number of rotatable bonds is 16. The third-order valence-electron chi connectivity index (χ3n) is 5.00. The average Bonchev–Trinajstić information content (AvgIpc) is 2.70. The molecule has 1 N–H and O–H groups in total. The number of hydrogen-bond acceptors (Lipinski definition) is 7. The molecule has 0 bridgehead atoms. The van der Waals surface area contributed by atoms with E-state index in [4.69, 9.17) is 9.47 Å². The largest absolute Gasteiger partial charge is 0.465 e. The summed E-state index contributed by atoms with van der Waals surface area (Å²) in [6, 6.07) is 0. The lowest BCUT2D eigenvalue weighted by Gasteiger charge is -2.18. The topological polar surface area (TPSA) is 110 Å². The van der Waals surface area contributed by atoms with Gasteiger partial charge in [-0.3, -0.25) is 14.1 Å². The van der Waals surface area contributed by atoms with E-state index < -0.39 is 33.7 Å². The second-order valence-corrected chi connectivity index (χ2v) is 10.3. The van der Waals surface area contributed by atoms with Crippen LogP contribution in [0.1, 0.15) is 85.5 Å². The minimum Gasteiger partial charge on any atom is -0.465 e. The fourth-order valence-corrected chi connectivity index (χ4v) is 3.48. The highest BCUT2D eigenvalue weighted by Crippen LogP contribution is 2.17. The SMILES string of the molecule is CCCCC(CC)COC(=O)CC(C(=O)OCC(CC)CCCC)S(=O)(=O)O.CN(C)C. The zero-order valence-electron chi connectivity index (χ0n) is 21.3. The average molecular weight is 482 g/mol. The molecule has 0 heterocycles. The number of nitrogens with zero attached hydrogens (tertiary/aromatic N) is 1. The first-order valence-electron chi connectivity index (χ1n) is 11.8. The highest BCUT2D eigenvalue weighted by Gasteiger charge is 2.36. The minimum atomic E-state index is -4.76. The number of unbranched alkanes of at least 4 members (excludes halogenated alkanes) is 2. The van der Waals surface area contributed by atoms with Crippen molar-refractivity contribution in [2.45, 2.75) is 90.7 Å². The Balaban J connectivity index is 0. The number of esters is 2. The molecule has 0 spiro atoms. The molecule has 0 aromatic carbocycles. The van der Waals surface area contributed by atoms with Crippen molar-refractivity contribution in [3.63, 3.8) is 0 Å². The molecule has 192 valence electrons. The van der Waals surface area contributed by atoms with E-state index in [1.165, 1.54) is 0 Å². The van der Waals surface area contributed by atoms with Gasteiger partial charge >= 0.3 is 11.9 Å². The highest BCUT2D eigenvalue weighted by molar-refractivity contribution is 7.87. The maximum absolute atomic E-state index is 12.2. The van der Waals surface area contributed by atoms with Crippen molar-refractivity contribution in [3.8, 4) is 0 Å². The number of ether oxygens (including phenoxy) is 2. The molecule has 0 amide bonds. The number of hydrogen-bond donors (Lipinski definition) is 1. The van der Waals surface area contributed by atoms with Crippen LogP contribution < -0.4 is 0 Å². The predicted octanol–water partition coefficient (Wildman–Crippen LogP) is 4.33. The van der Waals surface area contributed by atoms with Crippen LogP contribution in [0.5, 0.6) is 0 Å². The zero-order chi connectivity index (χ0) is 25.2. The third-order valence-corrected chi connectivity index (χ3v) is 6.08. The molecule has 0 aliphatic rings. The Morgan fingerprint density at radius 1 is 0.844 bits per heavy atom. The van der Waals surface area contributed by atoms with Crippen LogP contribution in [-0.4, -0.2) is 69.4 Å². The van der Waals surface area contributed by atoms with E-state index in [2.05, 4.69) is 13.8 Å². The normalized spacial score (nSPS) is 14.2. The first-order chi connectivity index (χ1) is 14.9. The second kappa shape index (κ2) is 19.3. The van der Waals surface area contributed by atoms with E-state index in [0.29, 0.717) is 0 Å². The predicted molar refractivity (Wildman–Crippen MR) is 128 cm³/mol. The summed E-state index contributed by atoms with van der Waals surface area (Å²) >= 11 is 0. The van der Waals surface area contributed by atoms with Crippen molar-refractivity contribution in [3.05, 3.63) is 0 Å². The van der Waals surface area contributed by atoms with Crippen LogP contribution in [0, 0.1) is 11.8 Å². The van der Waals surface area contributed by atoms with Crippen LogP contribution in [0.4, 0.5) is 0 Å². The molecule has 3 atom stereocenters.